The largest absolute Gasteiger partial charge is 0.369 e. The molecule has 0 radical (unpaired) electrons. The van der Waals surface area contributed by atoms with Crippen molar-refractivity contribution in [3.8, 4) is 11.3 Å². The van der Waals surface area contributed by atoms with Gasteiger partial charge in [0.05, 0.1) is 32.4 Å². The van der Waals surface area contributed by atoms with E-state index in [9.17, 15) is 9.59 Å². The molecule has 0 aliphatic rings. The molecule has 0 aliphatic heterocycles. The number of aryl methyl sites for hydroxylation is 1. The van der Waals surface area contributed by atoms with Crippen molar-refractivity contribution < 1.29 is 9.59 Å². The molecule has 6 nitrogen and oxygen atoms in total. The van der Waals surface area contributed by atoms with E-state index >= 15 is 0 Å². The van der Waals surface area contributed by atoms with Crippen LogP contribution >= 0.6 is 34.7 Å². The fourth-order valence-electron chi connectivity index (χ4n) is 3.00. The van der Waals surface area contributed by atoms with Gasteiger partial charge in [0.2, 0.25) is 5.91 Å². The molecule has 0 fully saturated rings. The Morgan fingerprint density at radius 1 is 1.13 bits per heavy atom. The first-order valence-corrected chi connectivity index (χ1v) is 11.4. The van der Waals surface area contributed by atoms with E-state index in [4.69, 9.17) is 22.3 Å². The molecule has 31 heavy (non-hydrogen) atoms. The lowest BCUT2D eigenvalue weighted by Crippen LogP contribution is -2.13. The number of pyridine rings is 1. The van der Waals surface area contributed by atoms with Gasteiger partial charge < -0.3 is 5.73 Å². The number of primary amides is 1. The van der Waals surface area contributed by atoms with Gasteiger partial charge in [-0.25, -0.2) is 9.97 Å². The Hall–Kier alpha value is -2.94. The van der Waals surface area contributed by atoms with Crippen LogP contribution in [0.3, 0.4) is 0 Å². The molecule has 2 aromatic carbocycles. The number of nitrogens with two attached hydrogens (primary N) is 1. The second-order valence-electron chi connectivity index (χ2n) is 6.68. The number of halogens is 1. The van der Waals surface area contributed by atoms with Gasteiger partial charge in [-0.05, 0) is 31.2 Å². The van der Waals surface area contributed by atoms with E-state index in [0.29, 0.717) is 26.9 Å². The third-order valence-corrected chi connectivity index (χ3v) is 7.13. The highest BCUT2D eigenvalue weighted by molar-refractivity contribution is 8.01. The van der Waals surface area contributed by atoms with Crippen LogP contribution in [0.5, 0.6) is 0 Å². The smallest absolute Gasteiger partial charge is 0.258 e. The first kappa shape index (κ1) is 21.3. The number of carbonyl (C=O) groups is 2. The Morgan fingerprint density at radius 2 is 1.87 bits per heavy atom. The van der Waals surface area contributed by atoms with E-state index in [1.165, 1.54) is 23.1 Å². The molecule has 4 aromatic rings. The number of thiazole rings is 1. The number of thioether (sulfide) groups is 1. The zero-order valence-electron chi connectivity index (χ0n) is 16.4. The summed E-state index contributed by atoms with van der Waals surface area (Å²) in [6.07, 6.45) is 0. The molecule has 0 spiro atoms. The van der Waals surface area contributed by atoms with Gasteiger partial charge in [-0.3, -0.25) is 14.9 Å². The highest BCUT2D eigenvalue weighted by atomic mass is 35.5. The molecule has 2 amide bonds. The van der Waals surface area contributed by atoms with Crippen LogP contribution in [0.25, 0.3) is 22.2 Å². The van der Waals surface area contributed by atoms with Crippen LogP contribution in [0.15, 0.2) is 58.8 Å². The maximum absolute atomic E-state index is 13.2. The van der Waals surface area contributed by atoms with Crippen LogP contribution in [0.2, 0.25) is 5.02 Å². The number of amides is 2. The summed E-state index contributed by atoms with van der Waals surface area (Å²) in [5.74, 6) is -0.522. The second kappa shape index (κ2) is 9.05. The molecular weight excluding hydrogens is 452 g/mol. The SMILES string of the molecule is Cc1nc(NC(=O)c2cc(-c3ccc(Cl)cc3)nc3ccccc23)sc1SCC(N)=O. The molecule has 156 valence electrons. The summed E-state index contributed by atoms with van der Waals surface area (Å²) in [5, 5.41) is 4.71. The lowest BCUT2D eigenvalue weighted by atomic mass is 10.0. The average Bonchev–Trinajstić information content (AvgIpc) is 3.10. The molecule has 0 saturated heterocycles. The van der Waals surface area contributed by atoms with Crippen LogP contribution in [-0.2, 0) is 4.79 Å². The molecule has 0 aliphatic carbocycles. The van der Waals surface area contributed by atoms with Crippen molar-refractivity contribution >= 4 is 62.5 Å². The van der Waals surface area contributed by atoms with Gasteiger partial charge in [-0.15, -0.1) is 11.8 Å². The van der Waals surface area contributed by atoms with Crippen molar-refractivity contribution in [1.82, 2.24) is 9.97 Å². The number of fused-ring (bicyclic) bond motifs is 1. The summed E-state index contributed by atoms with van der Waals surface area (Å²) in [4.78, 5) is 33.3. The first-order chi connectivity index (χ1) is 14.9. The van der Waals surface area contributed by atoms with Crippen LogP contribution in [0.4, 0.5) is 5.13 Å². The number of carbonyl (C=O) groups excluding carboxylic acids is 2. The molecular formula is C22H17ClN4O2S2. The van der Waals surface area contributed by atoms with Gasteiger partial charge >= 0.3 is 0 Å². The monoisotopic (exact) mass is 468 g/mol. The molecule has 2 heterocycles. The summed E-state index contributed by atoms with van der Waals surface area (Å²) in [7, 11) is 0. The number of hydrogen-bond donors (Lipinski definition) is 2. The molecule has 4 rings (SSSR count). The maximum atomic E-state index is 13.2. The van der Waals surface area contributed by atoms with Crippen LogP contribution in [0, 0.1) is 6.92 Å². The summed E-state index contributed by atoms with van der Waals surface area (Å²) < 4.78 is 0.843. The number of para-hydroxylation sites is 1. The number of anilines is 1. The lowest BCUT2D eigenvalue weighted by Gasteiger charge is -2.10. The highest BCUT2D eigenvalue weighted by Crippen LogP contribution is 2.33. The highest BCUT2D eigenvalue weighted by Gasteiger charge is 2.17. The zero-order chi connectivity index (χ0) is 22.0. The van der Waals surface area contributed by atoms with Crippen molar-refractivity contribution in [2.75, 3.05) is 11.1 Å². The number of benzene rings is 2. The summed E-state index contributed by atoms with van der Waals surface area (Å²) in [5.41, 5.74) is 8.71. The minimum atomic E-state index is -0.402. The Bertz CT molecular complexity index is 1290. The standard InChI is InChI=1S/C22H17ClN4O2S2/c1-12-21(30-11-19(24)28)31-22(25-12)27-20(29)16-10-18(13-6-8-14(23)9-7-13)26-17-5-3-2-4-15(16)17/h2-10H,11H2,1H3,(H2,24,28)(H,25,27,29). The minimum Gasteiger partial charge on any atom is -0.369 e. The van der Waals surface area contributed by atoms with Crippen molar-refractivity contribution in [2.45, 2.75) is 11.1 Å². The van der Waals surface area contributed by atoms with E-state index < -0.39 is 5.91 Å². The van der Waals surface area contributed by atoms with E-state index in [1.807, 2.05) is 43.3 Å². The molecule has 0 atom stereocenters. The Morgan fingerprint density at radius 3 is 2.61 bits per heavy atom. The average molecular weight is 469 g/mol. The molecule has 9 heteroatoms. The van der Waals surface area contributed by atoms with Crippen molar-refractivity contribution in [2.24, 2.45) is 5.73 Å². The number of rotatable bonds is 6. The predicted octanol–water partition coefficient (Wildman–Crippen LogP) is 5.15. The van der Waals surface area contributed by atoms with Crippen molar-refractivity contribution in [3.63, 3.8) is 0 Å². The normalized spacial score (nSPS) is 10.9. The quantitative estimate of drug-likeness (QED) is 0.381. The summed E-state index contributed by atoms with van der Waals surface area (Å²) >= 11 is 8.63. The minimum absolute atomic E-state index is 0.163. The molecule has 2 aromatic heterocycles. The van der Waals surface area contributed by atoms with Crippen LogP contribution in [-0.4, -0.2) is 27.5 Å². The Balaban J connectivity index is 1.68. The molecule has 0 bridgehead atoms. The second-order valence-corrected chi connectivity index (χ2v) is 9.36. The fraction of sp³-hybridized carbons (Fsp3) is 0.0909. The third-order valence-electron chi connectivity index (χ3n) is 4.42. The number of aromatic nitrogens is 2. The van der Waals surface area contributed by atoms with E-state index in [0.717, 1.165) is 20.9 Å². The van der Waals surface area contributed by atoms with Gasteiger partial charge in [0, 0.05) is 16.0 Å². The van der Waals surface area contributed by atoms with Gasteiger partial charge in [0.15, 0.2) is 5.13 Å². The number of nitrogens with zero attached hydrogens (tertiary/aromatic N) is 2. The fourth-order valence-corrected chi connectivity index (χ4v) is 5.00. The lowest BCUT2D eigenvalue weighted by molar-refractivity contribution is -0.115. The first-order valence-electron chi connectivity index (χ1n) is 9.26. The number of hydrogen-bond acceptors (Lipinski definition) is 6. The third kappa shape index (κ3) is 4.87. The van der Waals surface area contributed by atoms with Gasteiger partial charge in [0.1, 0.15) is 0 Å². The molecule has 0 saturated carbocycles. The maximum Gasteiger partial charge on any atom is 0.258 e. The van der Waals surface area contributed by atoms with Crippen molar-refractivity contribution in [3.05, 3.63) is 70.9 Å². The van der Waals surface area contributed by atoms with Gasteiger partial charge in [-0.1, -0.05) is 53.3 Å². The molecule has 0 unspecified atom stereocenters. The topological polar surface area (TPSA) is 98.0 Å². The summed E-state index contributed by atoms with van der Waals surface area (Å²) in [6, 6.07) is 16.6. The predicted molar refractivity (Wildman–Crippen MR) is 127 cm³/mol. The van der Waals surface area contributed by atoms with Crippen molar-refractivity contribution in [1.29, 1.82) is 0 Å². The zero-order valence-corrected chi connectivity index (χ0v) is 18.8. The van der Waals surface area contributed by atoms with Gasteiger partial charge in [0.25, 0.3) is 5.91 Å². The van der Waals surface area contributed by atoms with Crippen LogP contribution < -0.4 is 11.1 Å². The van der Waals surface area contributed by atoms with E-state index in [-0.39, 0.29) is 11.7 Å². The van der Waals surface area contributed by atoms with E-state index in [1.54, 1.807) is 18.2 Å². The molecule has 3 N–H and O–H groups in total. The number of nitrogens with one attached hydrogen (secondary N) is 1. The van der Waals surface area contributed by atoms with Gasteiger partial charge in [-0.2, -0.15) is 0 Å². The summed E-state index contributed by atoms with van der Waals surface area (Å²) in [6.45, 7) is 1.83. The Kier molecular flexibility index (Phi) is 6.22. The Labute approximate surface area is 191 Å². The van der Waals surface area contributed by atoms with E-state index in [2.05, 4.69) is 10.3 Å². The van der Waals surface area contributed by atoms with Crippen LogP contribution in [0.1, 0.15) is 16.1 Å².